The average molecular weight is 421 g/mol. The maximum Gasteiger partial charge on any atom is 0.319 e. The lowest BCUT2D eigenvalue weighted by atomic mass is 10.1. The van der Waals surface area contributed by atoms with Crippen LogP contribution in [0.3, 0.4) is 0 Å². The second kappa shape index (κ2) is 7.90. The number of benzene rings is 1. The van der Waals surface area contributed by atoms with E-state index in [4.69, 9.17) is 35.0 Å². The minimum Gasteiger partial charge on any atom is -0.369 e. The highest BCUT2D eigenvalue weighted by Crippen LogP contribution is 2.44. The van der Waals surface area contributed by atoms with E-state index in [1.54, 1.807) is 6.21 Å². The molecule has 1 aliphatic carbocycles. The minimum atomic E-state index is -0.533. The third kappa shape index (κ3) is 4.72. The van der Waals surface area contributed by atoms with Gasteiger partial charge in [0, 0.05) is 42.2 Å². The zero-order valence-corrected chi connectivity index (χ0v) is 15.9. The van der Waals surface area contributed by atoms with Gasteiger partial charge >= 0.3 is 6.03 Å². The second-order valence-electron chi connectivity index (χ2n) is 6.30. The molecule has 0 atom stereocenters. The van der Waals surface area contributed by atoms with Crippen LogP contribution < -0.4 is 16.0 Å². The van der Waals surface area contributed by atoms with Gasteiger partial charge in [0.25, 0.3) is 0 Å². The molecule has 3 N–H and O–H groups in total. The zero-order chi connectivity index (χ0) is 18.7. The molecule has 1 aromatic rings. The Morgan fingerprint density at radius 2 is 2.08 bits per heavy atom. The first-order chi connectivity index (χ1) is 12.4. The largest absolute Gasteiger partial charge is 0.369 e. The molecule has 1 aliphatic heterocycles. The summed E-state index contributed by atoms with van der Waals surface area (Å²) in [7, 11) is 0. The van der Waals surface area contributed by atoms with E-state index < -0.39 is 5.82 Å². The van der Waals surface area contributed by atoms with Crippen molar-refractivity contribution < 1.29 is 9.18 Å². The summed E-state index contributed by atoms with van der Waals surface area (Å²) in [4.78, 5) is 16.0. The number of amides is 2. The van der Waals surface area contributed by atoms with Crippen LogP contribution in [0, 0.1) is 11.2 Å². The SMILES string of the molecule is O=C(NCC1(CNC2=C(Cl)C=NCN2Cl)CC1)Nc1ccc(F)c(Cl)c1. The first-order valence-electron chi connectivity index (χ1n) is 7.95. The molecule has 1 saturated carbocycles. The fraction of sp³-hybridized carbons (Fsp3) is 0.375. The number of allylic oxidation sites excluding steroid dienone is 1. The summed E-state index contributed by atoms with van der Waals surface area (Å²) in [6.45, 7) is 1.44. The maximum absolute atomic E-state index is 13.1. The van der Waals surface area contributed by atoms with Gasteiger partial charge in [-0.2, -0.15) is 0 Å². The van der Waals surface area contributed by atoms with Crippen LogP contribution in [0.2, 0.25) is 5.02 Å². The molecule has 2 amide bonds. The van der Waals surface area contributed by atoms with Gasteiger partial charge in [0.05, 0.1) is 10.1 Å². The summed E-state index contributed by atoms with van der Waals surface area (Å²) in [5, 5.41) is 9.09. The van der Waals surface area contributed by atoms with Gasteiger partial charge < -0.3 is 16.0 Å². The van der Waals surface area contributed by atoms with E-state index in [0.717, 1.165) is 12.8 Å². The number of aliphatic imine (C=N–C) groups is 1. The fourth-order valence-corrected chi connectivity index (χ4v) is 3.17. The van der Waals surface area contributed by atoms with Crippen LogP contribution in [-0.2, 0) is 0 Å². The highest BCUT2D eigenvalue weighted by molar-refractivity contribution is 6.40. The van der Waals surface area contributed by atoms with E-state index in [0.29, 0.717) is 36.3 Å². The van der Waals surface area contributed by atoms with Crippen LogP contribution in [0.1, 0.15) is 12.8 Å². The summed E-state index contributed by atoms with van der Waals surface area (Å²) in [6, 6.07) is 3.63. The Labute approximate surface area is 165 Å². The van der Waals surface area contributed by atoms with Crippen molar-refractivity contribution in [2.45, 2.75) is 12.8 Å². The highest BCUT2D eigenvalue weighted by atomic mass is 35.5. The van der Waals surface area contributed by atoms with Gasteiger partial charge in [0.15, 0.2) is 0 Å². The molecule has 0 bridgehead atoms. The van der Waals surface area contributed by atoms with Crippen LogP contribution in [-0.4, -0.2) is 36.4 Å². The molecule has 3 rings (SSSR count). The van der Waals surface area contributed by atoms with Crippen molar-refractivity contribution in [2.24, 2.45) is 10.4 Å². The molecule has 1 heterocycles. The zero-order valence-electron chi connectivity index (χ0n) is 13.7. The van der Waals surface area contributed by atoms with Crippen molar-refractivity contribution in [3.63, 3.8) is 0 Å². The van der Waals surface area contributed by atoms with E-state index in [1.807, 2.05) is 0 Å². The summed E-state index contributed by atoms with van der Waals surface area (Å²) in [5.41, 5.74) is 0.377. The van der Waals surface area contributed by atoms with Gasteiger partial charge in [-0.25, -0.2) is 13.6 Å². The summed E-state index contributed by atoms with van der Waals surface area (Å²) < 4.78 is 14.6. The molecule has 0 aromatic heterocycles. The van der Waals surface area contributed by atoms with Gasteiger partial charge in [-0.05, 0) is 31.0 Å². The average Bonchev–Trinajstić information content (AvgIpc) is 3.36. The highest BCUT2D eigenvalue weighted by Gasteiger charge is 2.43. The Morgan fingerprint density at radius 3 is 2.73 bits per heavy atom. The van der Waals surface area contributed by atoms with Crippen molar-refractivity contribution in [2.75, 3.05) is 25.1 Å². The monoisotopic (exact) mass is 419 g/mol. The number of urea groups is 1. The Balaban J connectivity index is 1.48. The predicted octanol–water partition coefficient (Wildman–Crippen LogP) is 3.88. The number of carbonyl (C=O) groups is 1. The van der Waals surface area contributed by atoms with Gasteiger partial charge in [-0.15, -0.1) is 0 Å². The van der Waals surface area contributed by atoms with E-state index >= 15 is 0 Å². The molecule has 2 aliphatic rings. The molecule has 6 nitrogen and oxygen atoms in total. The van der Waals surface area contributed by atoms with Crippen molar-refractivity contribution in [3.05, 3.63) is 39.9 Å². The standard InChI is InChI=1S/C16H17Cl3FN5O/c17-11-5-10(1-2-13(11)20)24-15(26)23-8-16(3-4-16)7-22-14-12(18)6-21-9-25(14)19/h1-2,5-6,22H,3-4,7-9H2,(H2,23,24,26). The molecule has 0 saturated heterocycles. The van der Waals surface area contributed by atoms with Gasteiger partial charge in [0.1, 0.15) is 18.3 Å². The van der Waals surface area contributed by atoms with Crippen molar-refractivity contribution >= 4 is 52.9 Å². The number of halogens is 4. The van der Waals surface area contributed by atoms with Crippen LogP contribution in [0.15, 0.2) is 34.0 Å². The number of hydrogen-bond acceptors (Lipinski definition) is 4. The number of carbonyl (C=O) groups excluding carboxylic acids is 1. The van der Waals surface area contributed by atoms with Crippen LogP contribution in [0.5, 0.6) is 0 Å². The van der Waals surface area contributed by atoms with Crippen LogP contribution in [0.4, 0.5) is 14.9 Å². The third-order valence-electron chi connectivity index (χ3n) is 4.27. The molecule has 140 valence electrons. The van der Waals surface area contributed by atoms with Crippen molar-refractivity contribution in [1.82, 2.24) is 15.1 Å². The third-order valence-corrected chi connectivity index (χ3v) is 5.11. The predicted molar refractivity (Wildman–Crippen MR) is 102 cm³/mol. The summed E-state index contributed by atoms with van der Waals surface area (Å²) in [6.07, 6.45) is 3.51. The first-order valence-corrected chi connectivity index (χ1v) is 9.05. The molecule has 1 aromatic carbocycles. The van der Waals surface area contributed by atoms with E-state index in [2.05, 4.69) is 20.9 Å². The molecule has 10 heteroatoms. The molecule has 26 heavy (non-hydrogen) atoms. The normalized spacial score (nSPS) is 17.9. The van der Waals surface area contributed by atoms with Crippen molar-refractivity contribution in [1.29, 1.82) is 0 Å². The lowest BCUT2D eigenvalue weighted by molar-refractivity contribution is 0.249. The van der Waals surface area contributed by atoms with Crippen LogP contribution in [0.25, 0.3) is 0 Å². The number of nitrogens with zero attached hydrogens (tertiary/aromatic N) is 2. The number of anilines is 1. The first kappa shape index (κ1) is 19.1. The van der Waals surface area contributed by atoms with Crippen molar-refractivity contribution in [3.8, 4) is 0 Å². The molecule has 0 unspecified atom stereocenters. The molecule has 0 radical (unpaired) electrons. The molecular formula is C16H17Cl3FN5O. The van der Waals surface area contributed by atoms with E-state index in [9.17, 15) is 9.18 Å². The number of nitrogens with one attached hydrogen (secondary N) is 3. The maximum atomic E-state index is 13.1. The lowest BCUT2D eigenvalue weighted by Gasteiger charge is -2.25. The Kier molecular flexibility index (Phi) is 5.79. The smallest absolute Gasteiger partial charge is 0.319 e. The molecular weight excluding hydrogens is 404 g/mol. The Hall–Kier alpha value is -1.70. The van der Waals surface area contributed by atoms with Gasteiger partial charge in [-0.1, -0.05) is 23.2 Å². The second-order valence-corrected chi connectivity index (χ2v) is 7.52. The fourth-order valence-electron chi connectivity index (χ4n) is 2.49. The van der Waals surface area contributed by atoms with Gasteiger partial charge in [0.2, 0.25) is 0 Å². The molecule has 1 fully saturated rings. The topological polar surface area (TPSA) is 68.8 Å². The van der Waals surface area contributed by atoms with Crippen LogP contribution >= 0.6 is 35.0 Å². The summed E-state index contributed by atoms with van der Waals surface area (Å²) in [5.74, 6) is 0.0784. The Morgan fingerprint density at radius 1 is 1.31 bits per heavy atom. The van der Waals surface area contributed by atoms with E-state index in [-0.39, 0.29) is 16.5 Å². The minimum absolute atomic E-state index is 0.0440. The number of rotatable bonds is 6. The van der Waals surface area contributed by atoms with Gasteiger partial charge in [-0.3, -0.25) is 4.99 Å². The summed E-state index contributed by atoms with van der Waals surface area (Å²) >= 11 is 17.9. The van der Waals surface area contributed by atoms with E-state index in [1.165, 1.54) is 22.6 Å². The molecule has 0 spiro atoms. The Bertz CT molecular complexity index is 766. The lowest BCUT2D eigenvalue weighted by Crippen LogP contribution is -2.39. The number of hydrogen-bond donors (Lipinski definition) is 3. The quantitative estimate of drug-likeness (QED) is 0.612.